The number of ketones is 1. The third-order valence-electron chi connectivity index (χ3n) is 4.61. The Morgan fingerprint density at radius 3 is 2.45 bits per heavy atom. The number of nitrogens with one attached hydrogen (secondary N) is 1. The van der Waals surface area contributed by atoms with Crippen molar-refractivity contribution in [3.8, 4) is 5.75 Å². The van der Waals surface area contributed by atoms with Crippen molar-refractivity contribution in [2.75, 3.05) is 12.8 Å². The lowest BCUT2D eigenvalue weighted by atomic mass is 10.1. The van der Waals surface area contributed by atoms with Crippen LogP contribution in [0, 0.1) is 0 Å². The normalized spacial score (nSPS) is 10.9. The Morgan fingerprint density at radius 2 is 1.79 bits per heavy atom. The number of thiophene rings is 1. The molecule has 0 atom stereocenters. The molecule has 8 heteroatoms. The largest absolute Gasteiger partial charge is 0.497 e. The van der Waals surface area contributed by atoms with E-state index in [1.165, 1.54) is 4.57 Å². The van der Waals surface area contributed by atoms with Gasteiger partial charge in [-0.25, -0.2) is 4.79 Å². The number of hydrogen-bond donors (Lipinski definition) is 2. The second-order valence-electron chi connectivity index (χ2n) is 6.41. The van der Waals surface area contributed by atoms with Crippen LogP contribution in [0.25, 0.3) is 10.2 Å². The highest BCUT2D eigenvalue weighted by molar-refractivity contribution is 7.21. The van der Waals surface area contributed by atoms with Gasteiger partial charge in [-0.05, 0) is 29.8 Å². The van der Waals surface area contributed by atoms with E-state index in [2.05, 4.69) is 4.98 Å². The molecule has 0 spiro atoms. The third kappa shape index (κ3) is 3.34. The van der Waals surface area contributed by atoms with E-state index in [0.717, 1.165) is 16.9 Å². The Balaban J connectivity index is 1.86. The van der Waals surface area contributed by atoms with E-state index in [1.807, 2.05) is 30.3 Å². The first-order valence-electron chi connectivity index (χ1n) is 8.77. The lowest BCUT2D eigenvalue weighted by molar-refractivity contribution is 0.104. The maximum Gasteiger partial charge on any atom is 0.329 e. The number of hydrogen-bond acceptors (Lipinski definition) is 6. The molecule has 2 aromatic heterocycles. The van der Waals surface area contributed by atoms with E-state index in [0.29, 0.717) is 16.1 Å². The summed E-state index contributed by atoms with van der Waals surface area (Å²) in [6.45, 7) is 0.253. The summed E-state index contributed by atoms with van der Waals surface area (Å²) in [5.41, 5.74) is 6.41. The molecule has 7 nitrogen and oxygen atoms in total. The molecule has 29 heavy (non-hydrogen) atoms. The first kappa shape index (κ1) is 18.7. The molecule has 2 heterocycles. The number of methoxy groups -OCH3 is 1. The molecular formula is C21H17N3O4S. The van der Waals surface area contributed by atoms with Gasteiger partial charge >= 0.3 is 5.69 Å². The number of H-pyrrole nitrogens is 1. The van der Waals surface area contributed by atoms with Gasteiger partial charge in [-0.3, -0.25) is 19.1 Å². The average molecular weight is 407 g/mol. The topological polar surface area (TPSA) is 107 Å². The van der Waals surface area contributed by atoms with E-state index >= 15 is 0 Å². The summed E-state index contributed by atoms with van der Waals surface area (Å²) in [6, 6.07) is 16.0. The number of rotatable bonds is 5. The summed E-state index contributed by atoms with van der Waals surface area (Å²) in [4.78, 5) is 40.8. The number of benzene rings is 2. The second kappa shape index (κ2) is 7.40. The highest BCUT2D eigenvalue weighted by Gasteiger charge is 2.22. The minimum atomic E-state index is -0.600. The molecule has 0 radical (unpaired) electrons. The number of ether oxygens (including phenoxy) is 1. The number of nitrogen functional groups attached to an aromatic ring is 1. The van der Waals surface area contributed by atoms with Crippen molar-refractivity contribution < 1.29 is 9.53 Å². The van der Waals surface area contributed by atoms with Crippen LogP contribution in [-0.2, 0) is 6.54 Å². The molecular weight excluding hydrogens is 390 g/mol. The molecule has 3 N–H and O–H groups in total. The minimum absolute atomic E-state index is 0.0777. The van der Waals surface area contributed by atoms with Crippen molar-refractivity contribution in [3.63, 3.8) is 0 Å². The lowest BCUT2D eigenvalue weighted by Crippen LogP contribution is -2.30. The summed E-state index contributed by atoms with van der Waals surface area (Å²) in [5, 5.41) is 0.155. The van der Waals surface area contributed by atoms with Gasteiger partial charge in [0.25, 0.3) is 5.56 Å². The van der Waals surface area contributed by atoms with Gasteiger partial charge in [-0.15, -0.1) is 11.3 Å². The quantitative estimate of drug-likeness (QED) is 0.495. The summed E-state index contributed by atoms with van der Waals surface area (Å²) in [6.07, 6.45) is 0. The fraction of sp³-hybridized carbons (Fsp3) is 0.0952. The molecule has 4 aromatic rings. The maximum atomic E-state index is 13.0. The second-order valence-corrected chi connectivity index (χ2v) is 7.41. The smallest absolute Gasteiger partial charge is 0.329 e. The molecule has 4 rings (SSSR count). The van der Waals surface area contributed by atoms with E-state index in [1.54, 1.807) is 31.4 Å². The minimum Gasteiger partial charge on any atom is -0.497 e. The Kier molecular flexibility index (Phi) is 4.77. The van der Waals surface area contributed by atoms with Gasteiger partial charge in [0, 0.05) is 5.56 Å². The molecule has 0 aliphatic heterocycles. The molecule has 0 aliphatic rings. The Labute approximate surface area is 169 Å². The van der Waals surface area contributed by atoms with Crippen LogP contribution in [0.3, 0.4) is 0 Å². The van der Waals surface area contributed by atoms with Crippen molar-refractivity contribution in [1.82, 2.24) is 9.55 Å². The highest BCUT2D eigenvalue weighted by atomic mass is 32.1. The Morgan fingerprint density at radius 1 is 1.10 bits per heavy atom. The van der Waals surface area contributed by atoms with Gasteiger partial charge in [0.1, 0.15) is 15.5 Å². The number of aromatic nitrogens is 2. The number of nitrogens with two attached hydrogens (primary N) is 1. The highest BCUT2D eigenvalue weighted by Crippen LogP contribution is 2.33. The molecule has 0 unspecified atom stereocenters. The van der Waals surface area contributed by atoms with Gasteiger partial charge in [-0.2, -0.15) is 0 Å². The number of anilines is 1. The van der Waals surface area contributed by atoms with E-state index in [9.17, 15) is 14.4 Å². The molecule has 0 fully saturated rings. The Hall–Kier alpha value is -3.65. The standard InChI is InChI=1S/C21H17N3O4S/c1-28-14-9-7-13(8-10-14)17(25)18-16(22)15-19(26)23-21(27)24(20(15)29-18)11-12-5-3-2-4-6-12/h2-10H,11,22H2,1H3,(H,23,26,27). The number of carbonyl (C=O) groups excluding carboxylic acids is 1. The zero-order valence-corrected chi connectivity index (χ0v) is 16.3. The molecule has 146 valence electrons. The summed E-state index contributed by atoms with van der Waals surface area (Å²) in [7, 11) is 1.54. The fourth-order valence-corrected chi connectivity index (χ4v) is 4.29. The Bertz CT molecular complexity index is 1320. The monoisotopic (exact) mass is 407 g/mol. The van der Waals surface area contributed by atoms with E-state index < -0.39 is 11.2 Å². The van der Waals surface area contributed by atoms with Crippen molar-refractivity contribution >= 4 is 33.0 Å². The maximum absolute atomic E-state index is 13.0. The lowest BCUT2D eigenvalue weighted by Gasteiger charge is -2.06. The summed E-state index contributed by atoms with van der Waals surface area (Å²) >= 11 is 1.05. The van der Waals surface area contributed by atoms with Crippen molar-refractivity contribution in [2.24, 2.45) is 0 Å². The molecule has 0 saturated carbocycles. The average Bonchev–Trinajstić information content (AvgIpc) is 3.09. The van der Waals surface area contributed by atoms with Crippen LogP contribution in [0.5, 0.6) is 5.75 Å². The number of nitrogens with zero attached hydrogens (tertiary/aromatic N) is 1. The van der Waals surface area contributed by atoms with Crippen LogP contribution < -0.4 is 21.7 Å². The predicted octanol–water partition coefficient (Wildman–Crippen LogP) is 2.62. The van der Waals surface area contributed by atoms with Crippen molar-refractivity contribution in [1.29, 1.82) is 0 Å². The zero-order chi connectivity index (χ0) is 20.5. The molecule has 0 bridgehead atoms. The van der Waals surface area contributed by atoms with Gasteiger partial charge in [-0.1, -0.05) is 30.3 Å². The van der Waals surface area contributed by atoms with E-state index in [4.69, 9.17) is 10.5 Å². The first-order valence-corrected chi connectivity index (χ1v) is 9.59. The molecule has 0 amide bonds. The number of fused-ring (bicyclic) bond motifs is 1. The molecule has 2 aromatic carbocycles. The SMILES string of the molecule is COc1ccc(C(=O)c2sc3c(c2N)c(=O)[nH]c(=O)n3Cc2ccccc2)cc1. The van der Waals surface area contributed by atoms with Crippen LogP contribution in [0.2, 0.25) is 0 Å². The van der Waals surface area contributed by atoms with Crippen LogP contribution in [0.15, 0.2) is 64.2 Å². The van der Waals surface area contributed by atoms with Gasteiger partial charge in [0.05, 0.1) is 24.7 Å². The summed E-state index contributed by atoms with van der Waals surface area (Å²) < 4.78 is 6.54. The van der Waals surface area contributed by atoms with Crippen LogP contribution in [0.1, 0.15) is 20.8 Å². The van der Waals surface area contributed by atoms with Crippen molar-refractivity contribution in [3.05, 3.63) is 91.4 Å². The predicted molar refractivity (Wildman–Crippen MR) is 113 cm³/mol. The van der Waals surface area contributed by atoms with Gasteiger partial charge in [0.2, 0.25) is 5.78 Å². The van der Waals surface area contributed by atoms with Gasteiger partial charge in [0.15, 0.2) is 0 Å². The third-order valence-corrected chi connectivity index (χ3v) is 5.83. The number of carbonyl (C=O) groups is 1. The number of aromatic amines is 1. The van der Waals surface area contributed by atoms with E-state index in [-0.39, 0.29) is 28.3 Å². The zero-order valence-electron chi connectivity index (χ0n) is 15.5. The van der Waals surface area contributed by atoms with Crippen LogP contribution >= 0.6 is 11.3 Å². The van der Waals surface area contributed by atoms with Crippen LogP contribution in [-0.4, -0.2) is 22.4 Å². The first-order chi connectivity index (χ1) is 14.0. The van der Waals surface area contributed by atoms with Gasteiger partial charge < -0.3 is 10.5 Å². The van der Waals surface area contributed by atoms with Crippen molar-refractivity contribution in [2.45, 2.75) is 6.54 Å². The molecule has 0 saturated heterocycles. The fourth-order valence-electron chi connectivity index (χ4n) is 3.11. The van der Waals surface area contributed by atoms with Crippen LogP contribution in [0.4, 0.5) is 5.69 Å². The molecule has 0 aliphatic carbocycles. The summed E-state index contributed by atoms with van der Waals surface area (Å²) in [5.74, 6) is 0.309.